The minimum absolute atomic E-state index is 0.0385. The van der Waals surface area contributed by atoms with Crippen molar-refractivity contribution in [2.45, 2.75) is 33.2 Å². The molecular formula is C24H24N6O2S. The Hall–Kier alpha value is -3.35. The van der Waals surface area contributed by atoms with Crippen molar-refractivity contribution in [2.24, 2.45) is 4.99 Å². The van der Waals surface area contributed by atoms with Crippen LogP contribution in [0.2, 0.25) is 0 Å². The average molecular weight is 461 g/mol. The molecule has 0 N–H and O–H groups in total. The van der Waals surface area contributed by atoms with Gasteiger partial charge in [-0.05, 0) is 38.5 Å². The lowest BCUT2D eigenvalue weighted by molar-refractivity contribution is -0.135. The number of nitrogens with zero attached hydrogens (tertiary/aromatic N) is 6. The lowest BCUT2D eigenvalue weighted by Gasteiger charge is -2.27. The van der Waals surface area contributed by atoms with Crippen LogP contribution in [0.3, 0.4) is 0 Å². The number of benzene rings is 1. The van der Waals surface area contributed by atoms with Gasteiger partial charge < -0.3 is 9.64 Å². The highest BCUT2D eigenvalue weighted by Crippen LogP contribution is 2.39. The van der Waals surface area contributed by atoms with Crippen molar-refractivity contribution in [1.82, 2.24) is 19.7 Å². The summed E-state index contributed by atoms with van der Waals surface area (Å²) in [6.07, 6.45) is 0.213. The lowest BCUT2D eigenvalue weighted by atomic mass is 9.98. The van der Waals surface area contributed by atoms with Crippen LogP contribution in [0.1, 0.15) is 51.2 Å². The summed E-state index contributed by atoms with van der Waals surface area (Å²) in [6.45, 7) is 8.43. The molecule has 1 saturated heterocycles. The van der Waals surface area contributed by atoms with Gasteiger partial charge in [0.15, 0.2) is 5.82 Å². The van der Waals surface area contributed by atoms with Crippen LogP contribution in [0.15, 0.2) is 29.3 Å². The van der Waals surface area contributed by atoms with Crippen molar-refractivity contribution in [3.8, 4) is 11.1 Å². The molecule has 9 heteroatoms. The second-order valence-corrected chi connectivity index (χ2v) is 9.49. The number of aryl methyl sites for hydroxylation is 2. The summed E-state index contributed by atoms with van der Waals surface area (Å²) in [5, 5.41) is 19.0. The second-order valence-electron chi connectivity index (χ2n) is 8.28. The van der Waals surface area contributed by atoms with Gasteiger partial charge in [-0.15, -0.1) is 21.5 Å². The standard InChI is InChI=1S/C24H24N6O2S/c1-14-15(2)33-24-21(14)22(18-6-4-17(13-25)5-7-18)26-19(23-28-27-16(3)30(23)24)12-20(31)29-8-10-32-11-9-29/h4-7,19H,8-12H2,1-3H3/t19-/m0/s1. The molecular weight excluding hydrogens is 436 g/mol. The molecule has 0 aliphatic carbocycles. The van der Waals surface area contributed by atoms with Gasteiger partial charge in [0.2, 0.25) is 5.91 Å². The largest absolute Gasteiger partial charge is 0.378 e. The smallest absolute Gasteiger partial charge is 0.225 e. The van der Waals surface area contributed by atoms with Gasteiger partial charge in [-0.3, -0.25) is 14.4 Å². The Labute approximate surface area is 196 Å². The molecule has 0 unspecified atom stereocenters. The molecule has 5 rings (SSSR count). The zero-order valence-electron chi connectivity index (χ0n) is 18.8. The van der Waals surface area contributed by atoms with Crippen LogP contribution in [-0.2, 0) is 9.53 Å². The fraction of sp³-hybridized carbons (Fsp3) is 0.375. The Morgan fingerprint density at radius 1 is 1.18 bits per heavy atom. The number of fused-ring (bicyclic) bond motifs is 3. The van der Waals surface area contributed by atoms with E-state index in [-0.39, 0.29) is 12.3 Å². The van der Waals surface area contributed by atoms with Gasteiger partial charge >= 0.3 is 0 Å². The summed E-state index contributed by atoms with van der Waals surface area (Å²) in [5.41, 5.74) is 4.51. The molecule has 2 aliphatic heterocycles. The molecule has 1 fully saturated rings. The first-order chi connectivity index (χ1) is 16.0. The Bertz CT molecular complexity index is 1290. The number of rotatable bonds is 3. The third kappa shape index (κ3) is 3.75. The van der Waals surface area contributed by atoms with Crippen LogP contribution in [0, 0.1) is 32.1 Å². The maximum absolute atomic E-state index is 13.2. The first-order valence-electron chi connectivity index (χ1n) is 10.9. The molecule has 4 heterocycles. The van der Waals surface area contributed by atoms with E-state index in [0.717, 1.165) is 33.2 Å². The van der Waals surface area contributed by atoms with E-state index in [4.69, 9.17) is 9.73 Å². The molecule has 33 heavy (non-hydrogen) atoms. The summed E-state index contributed by atoms with van der Waals surface area (Å²) in [5.74, 6) is 1.49. The van der Waals surface area contributed by atoms with Gasteiger partial charge in [0.1, 0.15) is 16.9 Å². The third-order valence-electron chi connectivity index (χ3n) is 6.26. The minimum atomic E-state index is -0.466. The Morgan fingerprint density at radius 3 is 2.61 bits per heavy atom. The first kappa shape index (κ1) is 21.5. The van der Waals surface area contributed by atoms with Crippen molar-refractivity contribution < 1.29 is 9.53 Å². The maximum Gasteiger partial charge on any atom is 0.225 e. The molecule has 0 radical (unpaired) electrons. The number of aromatic nitrogens is 3. The number of thiophene rings is 1. The van der Waals surface area contributed by atoms with Gasteiger partial charge in [0, 0.05) is 29.1 Å². The number of carbonyl (C=O) groups excluding carboxylic acids is 1. The second kappa shape index (κ2) is 8.54. The SMILES string of the molecule is Cc1sc2c(c1C)C(c1ccc(C#N)cc1)=N[C@@H](CC(=O)N1CCOCC1)c1nnc(C)n1-2. The van der Waals surface area contributed by atoms with E-state index in [9.17, 15) is 10.1 Å². The molecule has 3 aromatic rings. The molecule has 0 saturated carbocycles. The summed E-state index contributed by atoms with van der Waals surface area (Å²) in [6, 6.07) is 9.16. The van der Waals surface area contributed by atoms with E-state index in [1.807, 2.05) is 24.0 Å². The van der Waals surface area contributed by atoms with Gasteiger partial charge in [-0.1, -0.05) is 12.1 Å². The molecule has 2 aliphatic rings. The van der Waals surface area contributed by atoms with Gasteiger partial charge in [-0.2, -0.15) is 5.26 Å². The molecule has 0 spiro atoms. The Balaban J connectivity index is 1.66. The van der Waals surface area contributed by atoms with E-state index in [1.165, 1.54) is 4.88 Å². The number of morpholine rings is 1. The normalized spacial score (nSPS) is 17.6. The van der Waals surface area contributed by atoms with Crippen LogP contribution in [-0.4, -0.2) is 57.6 Å². The summed E-state index contributed by atoms with van der Waals surface area (Å²) >= 11 is 1.68. The predicted octanol–water partition coefficient (Wildman–Crippen LogP) is 3.27. The van der Waals surface area contributed by atoms with Crippen molar-refractivity contribution >= 4 is 23.0 Å². The average Bonchev–Trinajstić information content (AvgIpc) is 3.31. The number of amides is 1. The molecule has 1 atom stereocenters. The maximum atomic E-state index is 13.2. The van der Waals surface area contributed by atoms with Crippen molar-refractivity contribution in [3.63, 3.8) is 0 Å². The topological polar surface area (TPSA) is 96.4 Å². The molecule has 8 nitrogen and oxygen atoms in total. The summed E-state index contributed by atoms with van der Waals surface area (Å²) in [7, 11) is 0. The predicted molar refractivity (Wildman–Crippen MR) is 125 cm³/mol. The number of hydrogen-bond donors (Lipinski definition) is 0. The Morgan fingerprint density at radius 2 is 1.91 bits per heavy atom. The van der Waals surface area contributed by atoms with Crippen LogP contribution >= 0.6 is 11.3 Å². The fourth-order valence-corrected chi connectivity index (χ4v) is 5.55. The highest BCUT2D eigenvalue weighted by Gasteiger charge is 2.33. The number of aliphatic imine (C=N–C) groups is 1. The van der Waals surface area contributed by atoms with Crippen LogP contribution in [0.4, 0.5) is 0 Å². The summed E-state index contributed by atoms with van der Waals surface area (Å²) < 4.78 is 7.45. The van der Waals surface area contributed by atoms with Crippen molar-refractivity contribution in [1.29, 1.82) is 5.26 Å². The number of hydrogen-bond acceptors (Lipinski definition) is 7. The van der Waals surface area contributed by atoms with E-state index < -0.39 is 6.04 Å². The zero-order chi connectivity index (χ0) is 23.1. The van der Waals surface area contributed by atoms with E-state index in [2.05, 4.69) is 34.7 Å². The highest BCUT2D eigenvalue weighted by molar-refractivity contribution is 7.15. The zero-order valence-corrected chi connectivity index (χ0v) is 19.6. The number of nitriles is 1. The van der Waals surface area contributed by atoms with Gasteiger partial charge in [0.25, 0.3) is 0 Å². The van der Waals surface area contributed by atoms with E-state index in [0.29, 0.717) is 37.7 Å². The Kier molecular flexibility index (Phi) is 5.56. The molecule has 1 aromatic carbocycles. The molecule has 2 aromatic heterocycles. The van der Waals surface area contributed by atoms with Crippen molar-refractivity contribution in [3.05, 3.63) is 63.0 Å². The van der Waals surface area contributed by atoms with Crippen LogP contribution in [0.5, 0.6) is 0 Å². The molecule has 0 bridgehead atoms. The number of carbonyl (C=O) groups is 1. The molecule has 168 valence electrons. The lowest BCUT2D eigenvalue weighted by Crippen LogP contribution is -2.41. The van der Waals surface area contributed by atoms with E-state index in [1.54, 1.807) is 23.5 Å². The quantitative estimate of drug-likeness (QED) is 0.598. The monoisotopic (exact) mass is 460 g/mol. The van der Waals surface area contributed by atoms with Crippen LogP contribution < -0.4 is 0 Å². The van der Waals surface area contributed by atoms with Crippen molar-refractivity contribution in [2.75, 3.05) is 26.3 Å². The van der Waals surface area contributed by atoms with E-state index >= 15 is 0 Å². The highest BCUT2D eigenvalue weighted by atomic mass is 32.1. The fourth-order valence-electron chi connectivity index (χ4n) is 4.33. The van der Waals surface area contributed by atoms with Crippen LogP contribution in [0.25, 0.3) is 5.00 Å². The van der Waals surface area contributed by atoms with Gasteiger partial charge in [-0.25, -0.2) is 0 Å². The first-order valence-corrected chi connectivity index (χ1v) is 11.8. The third-order valence-corrected chi connectivity index (χ3v) is 7.45. The van der Waals surface area contributed by atoms with Gasteiger partial charge in [0.05, 0.1) is 37.0 Å². The summed E-state index contributed by atoms with van der Waals surface area (Å²) in [4.78, 5) is 21.3. The molecule has 1 amide bonds. The number of ether oxygens (including phenoxy) is 1. The minimum Gasteiger partial charge on any atom is -0.378 e.